The maximum Gasteiger partial charge on any atom is 0.258 e. The summed E-state index contributed by atoms with van der Waals surface area (Å²) in [5, 5.41) is 3.02. The molecule has 5 nitrogen and oxygen atoms in total. The summed E-state index contributed by atoms with van der Waals surface area (Å²) in [7, 11) is -1.75. The molecular formula is C15H19N3O2S. The summed E-state index contributed by atoms with van der Waals surface area (Å²) in [6, 6.07) is 11.0. The molecule has 0 saturated carbocycles. The molecule has 0 aliphatic rings. The Balaban J connectivity index is 2.05. The topological polar surface area (TPSA) is 71.1 Å². The van der Waals surface area contributed by atoms with Crippen LogP contribution in [-0.4, -0.2) is 20.4 Å². The van der Waals surface area contributed by atoms with Gasteiger partial charge in [-0.2, -0.15) is 0 Å². The minimum atomic E-state index is -3.58. The highest BCUT2D eigenvalue weighted by Crippen LogP contribution is 2.08. The van der Waals surface area contributed by atoms with E-state index in [1.54, 1.807) is 12.3 Å². The lowest BCUT2D eigenvalue weighted by atomic mass is 10.2. The Hall–Kier alpha value is -1.76. The van der Waals surface area contributed by atoms with Gasteiger partial charge < -0.3 is 5.32 Å². The molecule has 0 aliphatic carbocycles. The predicted octanol–water partition coefficient (Wildman–Crippen LogP) is 1.59. The molecule has 0 unspecified atom stereocenters. The standard InChI is InChI=1S/C15H19N3O2S/c1-12-3-5-13(6-4-12)11-18-21(19,20)15-8-7-14(9-16-2)10-17-15/h3-8,10,16,18H,9,11H2,1-2H3. The first-order chi connectivity index (χ1) is 10.0. The molecule has 0 fully saturated rings. The maximum absolute atomic E-state index is 12.2. The fourth-order valence-electron chi connectivity index (χ4n) is 1.84. The minimum absolute atomic E-state index is 0.0365. The van der Waals surface area contributed by atoms with Crippen LogP contribution in [-0.2, 0) is 23.1 Å². The van der Waals surface area contributed by atoms with E-state index in [2.05, 4.69) is 15.0 Å². The van der Waals surface area contributed by atoms with Crippen molar-refractivity contribution in [2.24, 2.45) is 0 Å². The van der Waals surface area contributed by atoms with Crippen LogP contribution in [0.5, 0.6) is 0 Å². The SMILES string of the molecule is CNCc1ccc(S(=O)(=O)NCc2ccc(C)cc2)nc1. The fraction of sp³-hybridized carbons (Fsp3) is 0.267. The Kier molecular flexibility index (Phi) is 5.06. The van der Waals surface area contributed by atoms with Crippen molar-refractivity contribution in [1.82, 2.24) is 15.0 Å². The predicted molar refractivity (Wildman–Crippen MR) is 82.2 cm³/mol. The number of aromatic nitrogens is 1. The van der Waals surface area contributed by atoms with Crippen LogP contribution < -0.4 is 10.0 Å². The van der Waals surface area contributed by atoms with Gasteiger partial charge in [0.1, 0.15) is 0 Å². The van der Waals surface area contributed by atoms with Crippen molar-refractivity contribution in [2.75, 3.05) is 7.05 Å². The molecule has 1 aromatic heterocycles. The summed E-state index contributed by atoms with van der Waals surface area (Å²) in [5.41, 5.74) is 2.99. The molecule has 0 bridgehead atoms. The summed E-state index contributed by atoms with van der Waals surface area (Å²) in [6.45, 7) is 2.90. The third-order valence-corrected chi connectivity index (χ3v) is 4.36. The van der Waals surface area contributed by atoms with Crippen LogP contribution in [0, 0.1) is 6.92 Å². The van der Waals surface area contributed by atoms with Crippen LogP contribution in [0.2, 0.25) is 0 Å². The lowest BCUT2D eigenvalue weighted by molar-refractivity contribution is 0.577. The van der Waals surface area contributed by atoms with Gasteiger partial charge >= 0.3 is 0 Å². The Morgan fingerprint density at radius 2 is 1.67 bits per heavy atom. The number of aryl methyl sites for hydroxylation is 1. The second kappa shape index (κ2) is 6.80. The van der Waals surface area contributed by atoms with Crippen LogP contribution in [0.3, 0.4) is 0 Å². The lowest BCUT2D eigenvalue weighted by Gasteiger charge is -2.07. The molecule has 2 rings (SSSR count). The van der Waals surface area contributed by atoms with E-state index in [4.69, 9.17) is 0 Å². The fourth-order valence-corrected chi connectivity index (χ4v) is 2.78. The molecule has 2 N–H and O–H groups in total. The molecule has 0 aliphatic heterocycles. The molecule has 0 radical (unpaired) electrons. The average molecular weight is 305 g/mol. The van der Waals surface area contributed by atoms with E-state index in [1.165, 1.54) is 6.07 Å². The van der Waals surface area contributed by atoms with E-state index in [9.17, 15) is 8.42 Å². The van der Waals surface area contributed by atoms with Crippen LogP contribution in [0.4, 0.5) is 0 Å². The van der Waals surface area contributed by atoms with Gasteiger partial charge in [0.2, 0.25) is 0 Å². The summed E-state index contributed by atoms with van der Waals surface area (Å²) >= 11 is 0. The molecule has 6 heteroatoms. The summed E-state index contributed by atoms with van der Waals surface area (Å²) in [5.74, 6) is 0. The maximum atomic E-state index is 12.2. The highest BCUT2D eigenvalue weighted by Gasteiger charge is 2.15. The van der Waals surface area contributed by atoms with E-state index < -0.39 is 10.0 Å². The van der Waals surface area contributed by atoms with Gasteiger partial charge in [-0.3, -0.25) is 0 Å². The van der Waals surface area contributed by atoms with Gasteiger partial charge in [-0.05, 0) is 31.2 Å². The van der Waals surface area contributed by atoms with Gasteiger partial charge in [-0.15, -0.1) is 0 Å². The highest BCUT2D eigenvalue weighted by molar-refractivity contribution is 7.89. The first-order valence-electron chi connectivity index (χ1n) is 6.66. The number of nitrogens with zero attached hydrogens (tertiary/aromatic N) is 1. The van der Waals surface area contributed by atoms with Crippen LogP contribution in [0.25, 0.3) is 0 Å². The Morgan fingerprint density at radius 3 is 2.24 bits per heavy atom. The average Bonchev–Trinajstić information content (AvgIpc) is 2.48. The number of hydrogen-bond donors (Lipinski definition) is 2. The van der Waals surface area contributed by atoms with Gasteiger partial charge in [0.15, 0.2) is 5.03 Å². The monoisotopic (exact) mass is 305 g/mol. The smallest absolute Gasteiger partial charge is 0.258 e. The van der Waals surface area contributed by atoms with Crippen LogP contribution in [0.15, 0.2) is 47.6 Å². The molecule has 112 valence electrons. The van der Waals surface area contributed by atoms with Crippen LogP contribution >= 0.6 is 0 Å². The zero-order chi connectivity index (χ0) is 15.3. The zero-order valence-electron chi connectivity index (χ0n) is 12.1. The summed E-state index contributed by atoms with van der Waals surface area (Å²) in [6.07, 6.45) is 1.57. The Bertz CT molecular complexity index is 680. The van der Waals surface area contributed by atoms with Crippen LogP contribution in [0.1, 0.15) is 16.7 Å². The first kappa shape index (κ1) is 15.6. The van der Waals surface area contributed by atoms with E-state index in [0.717, 1.165) is 16.7 Å². The molecule has 1 heterocycles. The zero-order valence-corrected chi connectivity index (χ0v) is 12.9. The van der Waals surface area contributed by atoms with Crippen molar-refractivity contribution in [2.45, 2.75) is 25.0 Å². The van der Waals surface area contributed by atoms with Gasteiger partial charge in [0.25, 0.3) is 10.0 Å². The summed E-state index contributed by atoms with van der Waals surface area (Å²) < 4.78 is 26.9. The third-order valence-electron chi connectivity index (χ3n) is 3.04. The molecule has 0 amide bonds. The second-order valence-corrected chi connectivity index (χ2v) is 6.56. The van der Waals surface area contributed by atoms with Crippen molar-refractivity contribution < 1.29 is 8.42 Å². The number of pyridine rings is 1. The number of sulfonamides is 1. The minimum Gasteiger partial charge on any atom is -0.316 e. The van der Waals surface area contributed by atoms with Gasteiger partial charge in [0, 0.05) is 19.3 Å². The second-order valence-electron chi connectivity index (χ2n) is 4.85. The lowest BCUT2D eigenvalue weighted by Crippen LogP contribution is -2.24. The van der Waals surface area contributed by atoms with Gasteiger partial charge in [-0.1, -0.05) is 35.9 Å². The highest BCUT2D eigenvalue weighted by atomic mass is 32.2. The molecule has 0 spiro atoms. The molecular weight excluding hydrogens is 286 g/mol. The van der Waals surface area contributed by atoms with Crippen molar-refractivity contribution in [3.63, 3.8) is 0 Å². The van der Waals surface area contributed by atoms with Crippen molar-refractivity contribution >= 4 is 10.0 Å². The van der Waals surface area contributed by atoms with Crippen molar-refractivity contribution in [3.8, 4) is 0 Å². The van der Waals surface area contributed by atoms with Gasteiger partial charge in [-0.25, -0.2) is 18.1 Å². The number of benzene rings is 1. The Labute approximate surface area is 125 Å². The molecule has 21 heavy (non-hydrogen) atoms. The molecule has 0 saturated heterocycles. The van der Waals surface area contributed by atoms with E-state index >= 15 is 0 Å². The Morgan fingerprint density at radius 1 is 1.00 bits per heavy atom. The third kappa shape index (κ3) is 4.35. The normalized spacial score (nSPS) is 11.5. The quantitative estimate of drug-likeness (QED) is 0.850. The van der Waals surface area contributed by atoms with Gasteiger partial charge in [0.05, 0.1) is 0 Å². The van der Waals surface area contributed by atoms with Crippen molar-refractivity contribution in [1.29, 1.82) is 0 Å². The summed E-state index contributed by atoms with van der Waals surface area (Å²) in [4.78, 5) is 4.00. The number of nitrogens with one attached hydrogen (secondary N) is 2. The molecule has 2 aromatic rings. The first-order valence-corrected chi connectivity index (χ1v) is 8.14. The van der Waals surface area contributed by atoms with E-state index in [1.807, 2.05) is 38.2 Å². The molecule has 0 atom stereocenters. The molecule has 1 aromatic carbocycles. The van der Waals surface area contributed by atoms with E-state index in [-0.39, 0.29) is 11.6 Å². The number of hydrogen-bond acceptors (Lipinski definition) is 4. The van der Waals surface area contributed by atoms with E-state index in [0.29, 0.717) is 6.54 Å². The largest absolute Gasteiger partial charge is 0.316 e. The number of rotatable bonds is 6. The van der Waals surface area contributed by atoms with Crippen molar-refractivity contribution in [3.05, 3.63) is 59.3 Å².